The van der Waals surface area contributed by atoms with Crippen LogP contribution in [0.4, 0.5) is 0 Å². The summed E-state index contributed by atoms with van der Waals surface area (Å²) in [5.74, 6) is 1.51. The first-order chi connectivity index (χ1) is 16.5. The molecule has 1 saturated carbocycles. The predicted octanol–water partition coefficient (Wildman–Crippen LogP) is 4.46. The first-order valence-corrected chi connectivity index (χ1v) is 14.4. The molecule has 4 rings (SSSR count). The maximum absolute atomic E-state index is 6.22. The van der Waals surface area contributed by atoms with E-state index in [0.29, 0.717) is 18.1 Å². The zero-order valence-corrected chi connectivity index (χ0v) is 22.5. The highest BCUT2D eigenvalue weighted by molar-refractivity contribution is 5.10. The topological polar surface area (TPSA) is 36.8 Å². The van der Waals surface area contributed by atoms with Crippen molar-refractivity contribution in [3.63, 3.8) is 0 Å². The molecule has 0 aromatic carbocycles. The molecule has 0 spiro atoms. The second-order valence-electron chi connectivity index (χ2n) is 11.5. The van der Waals surface area contributed by atoms with Crippen molar-refractivity contribution >= 4 is 0 Å². The molecule has 34 heavy (non-hydrogen) atoms. The van der Waals surface area contributed by atoms with Crippen LogP contribution in [0.5, 0.6) is 0 Å². The Kier molecular flexibility index (Phi) is 9.87. The minimum absolute atomic E-state index is 0.493. The van der Waals surface area contributed by atoms with Gasteiger partial charge in [0.15, 0.2) is 0 Å². The van der Waals surface area contributed by atoms with Crippen molar-refractivity contribution in [1.82, 2.24) is 24.5 Å². The highest BCUT2D eigenvalue weighted by Gasteiger charge is 2.32. The number of likely N-dealkylation sites (tertiary alicyclic amines) is 1. The molecule has 6 nitrogen and oxygen atoms in total. The number of ether oxygens (including phenoxy) is 1. The Bertz CT molecular complexity index is 705. The van der Waals surface area contributed by atoms with Gasteiger partial charge in [0, 0.05) is 77.2 Å². The number of piperidine rings is 1. The van der Waals surface area contributed by atoms with Crippen LogP contribution in [0.2, 0.25) is 0 Å². The van der Waals surface area contributed by atoms with Crippen LogP contribution < -0.4 is 0 Å². The molecule has 3 heterocycles. The predicted molar refractivity (Wildman–Crippen MR) is 140 cm³/mol. The van der Waals surface area contributed by atoms with Crippen molar-refractivity contribution in [2.24, 2.45) is 5.92 Å². The number of hydrogen-bond acceptors (Lipinski definition) is 5. The summed E-state index contributed by atoms with van der Waals surface area (Å²) < 4.78 is 8.28. The SMILES string of the molecule is CCn1cc(C(C)CC2CCC(N3CCN(CCCOC4CCN(C(C)C)CC4)CC3)C2)cn1. The second kappa shape index (κ2) is 12.8. The van der Waals surface area contributed by atoms with Crippen molar-refractivity contribution < 1.29 is 4.74 Å². The Morgan fingerprint density at radius 3 is 2.44 bits per heavy atom. The third-order valence-corrected chi connectivity index (χ3v) is 8.85. The van der Waals surface area contributed by atoms with Gasteiger partial charge in [0.05, 0.1) is 12.3 Å². The van der Waals surface area contributed by atoms with Crippen LogP contribution in [0.3, 0.4) is 0 Å². The number of aromatic nitrogens is 2. The summed E-state index contributed by atoms with van der Waals surface area (Å²) in [6, 6.07) is 1.49. The number of nitrogens with zero attached hydrogens (tertiary/aromatic N) is 5. The van der Waals surface area contributed by atoms with E-state index in [1.807, 2.05) is 0 Å². The molecular weight excluding hydrogens is 422 g/mol. The lowest BCUT2D eigenvalue weighted by atomic mass is 9.91. The lowest BCUT2D eigenvalue weighted by Crippen LogP contribution is -2.50. The van der Waals surface area contributed by atoms with Gasteiger partial charge in [-0.25, -0.2) is 0 Å². The number of piperazine rings is 1. The molecule has 3 fully saturated rings. The summed E-state index contributed by atoms with van der Waals surface area (Å²) >= 11 is 0. The minimum atomic E-state index is 0.493. The molecule has 0 bridgehead atoms. The molecule has 3 aliphatic rings. The van der Waals surface area contributed by atoms with Gasteiger partial charge in [-0.2, -0.15) is 5.10 Å². The van der Waals surface area contributed by atoms with E-state index in [2.05, 4.69) is 64.6 Å². The molecule has 0 radical (unpaired) electrons. The summed E-state index contributed by atoms with van der Waals surface area (Å²) in [7, 11) is 0. The van der Waals surface area contributed by atoms with Crippen LogP contribution in [-0.4, -0.2) is 95.1 Å². The summed E-state index contributed by atoms with van der Waals surface area (Å²) in [5.41, 5.74) is 1.42. The van der Waals surface area contributed by atoms with E-state index in [4.69, 9.17) is 4.74 Å². The third kappa shape index (κ3) is 7.28. The Balaban J connectivity index is 1.07. The standard InChI is InChI=1S/C28H51N5O/c1-5-33-22-26(21-29-33)24(4)19-25-7-8-27(20-25)32-16-14-30(15-17-32)11-6-18-34-28-9-12-31(13-10-28)23(2)3/h21-25,27-28H,5-20H2,1-4H3. The summed E-state index contributed by atoms with van der Waals surface area (Å²) in [5, 5.41) is 4.48. The van der Waals surface area contributed by atoms with Crippen LogP contribution >= 0.6 is 0 Å². The number of rotatable bonds is 11. The van der Waals surface area contributed by atoms with Gasteiger partial charge in [0.25, 0.3) is 0 Å². The largest absolute Gasteiger partial charge is 0.378 e. The first-order valence-electron chi connectivity index (χ1n) is 14.4. The fraction of sp³-hybridized carbons (Fsp3) is 0.893. The van der Waals surface area contributed by atoms with Crippen molar-refractivity contribution in [3.8, 4) is 0 Å². The number of hydrogen-bond donors (Lipinski definition) is 0. The average molecular weight is 474 g/mol. The summed E-state index contributed by atoms with van der Waals surface area (Å²) in [6.07, 6.45) is 13.9. The molecule has 3 atom stereocenters. The lowest BCUT2D eigenvalue weighted by Gasteiger charge is -2.38. The van der Waals surface area contributed by atoms with Gasteiger partial charge in [-0.05, 0) is 83.1 Å². The van der Waals surface area contributed by atoms with Gasteiger partial charge in [0.2, 0.25) is 0 Å². The molecule has 3 unspecified atom stereocenters. The zero-order chi connectivity index (χ0) is 23.9. The van der Waals surface area contributed by atoms with E-state index in [0.717, 1.165) is 25.1 Å². The minimum Gasteiger partial charge on any atom is -0.378 e. The van der Waals surface area contributed by atoms with Gasteiger partial charge in [0.1, 0.15) is 0 Å². The zero-order valence-electron chi connectivity index (χ0n) is 22.5. The van der Waals surface area contributed by atoms with E-state index >= 15 is 0 Å². The van der Waals surface area contributed by atoms with Crippen LogP contribution in [0.15, 0.2) is 12.4 Å². The van der Waals surface area contributed by atoms with Crippen LogP contribution in [-0.2, 0) is 11.3 Å². The molecular formula is C28H51N5O. The third-order valence-electron chi connectivity index (χ3n) is 8.85. The molecule has 2 saturated heterocycles. The monoisotopic (exact) mass is 473 g/mol. The first kappa shape index (κ1) is 26.1. The Hall–Kier alpha value is -0.950. The fourth-order valence-corrected chi connectivity index (χ4v) is 6.49. The van der Waals surface area contributed by atoms with Gasteiger partial charge in [-0.3, -0.25) is 9.58 Å². The molecule has 1 aliphatic carbocycles. The lowest BCUT2D eigenvalue weighted by molar-refractivity contribution is -0.00368. The van der Waals surface area contributed by atoms with Gasteiger partial charge < -0.3 is 14.5 Å². The highest BCUT2D eigenvalue weighted by Crippen LogP contribution is 2.36. The summed E-state index contributed by atoms with van der Waals surface area (Å²) in [4.78, 5) is 8.05. The quantitative estimate of drug-likeness (QED) is 0.444. The van der Waals surface area contributed by atoms with E-state index in [1.165, 1.54) is 96.3 Å². The van der Waals surface area contributed by atoms with Crippen molar-refractivity contribution in [2.45, 2.75) is 103 Å². The summed E-state index contributed by atoms with van der Waals surface area (Å²) in [6.45, 7) is 19.7. The van der Waals surface area contributed by atoms with E-state index in [-0.39, 0.29) is 0 Å². The van der Waals surface area contributed by atoms with Crippen molar-refractivity contribution in [1.29, 1.82) is 0 Å². The van der Waals surface area contributed by atoms with Crippen LogP contribution in [0.1, 0.15) is 84.1 Å². The molecule has 194 valence electrons. The number of aryl methyl sites for hydroxylation is 1. The van der Waals surface area contributed by atoms with Crippen molar-refractivity contribution in [2.75, 3.05) is 52.4 Å². The Morgan fingerprint density at radius 2 is 1.76 bits per heavy atom. The average Bonchev–Trinajstić information content (AvgIpc) is 3.52. The Labute approximate surface area is 209 Å². The van der Waals surface area contributed by atoms with E-state index in [9.17, 15) is 0 Å². The maximum atomic E-state index is 6.22. The molecule has 1 aromatic rings. The molecule has 6 heteroatoms. The highest BCUT2D eigenvalue weighted by atomic mass is 16.5. The molecule has 0 N–H and O–H groups in total. The van der Waals surface area contributed by atoms with Crippen LogP contribution in [0, 0.1) is 5.92 Å². The van der Waals surface area contributed by atoms with Crippen LogP contribution in [0.25, 0.3) is 0 Å². The Morgan fingerprint density at radius 1 is 1.00 bits per heavy atom. The molecule has 0 amide bonds. The van der Waals surface area contributed by atoms with E-state index < -0.39 is 0 Å². The van der Waals surface area contributed by atoms with Crippen molar-refractivity contribution in [3.05, 3.63) is 18.0 Å². The fourth-order valence-electron chi connectivity index (χ4n) is 6.49. The smallest absolute Gasteiger partial charge is 0.0599 e. The molecule has 2 aliphatic heterocycles. The van der Waals surface area contributed by atoms with E-state index in [1.54, 1.807) is 0 Å². The van der Waals surface area contributed by atoms with Gasteiger partial charge >= 0.3 is 0 Å². The van der Waals surface area contributed by atoms with Gasteiger partial charge in [-0.1, -0.05) is 6.92 Å². The second-order valence-corrected chi connectivity index (χ2v) is 11.5. The normalized spacial score (nSPS) is 27.1. The maximum Gasteiger partial charge on any atom is 0.0599 e. The molecule has 1 aromatic heterocycles. The van der Waals surface area contributed by atoms with Gasteiger partial charge in [-0.15, -0.1) is 0 Å².